The van der Waals surface area contributed by atoms with E-state index in [1.54, 1.807) is 6.08 Å². The number of nitrogens with zero attached hydrogens (tertiary/aromatic N) is 2. The van der Waals surface area contributed by atoms with Crippen molar-refractivity contribution in [3.63, 3.8) is 0 Å². The van der Waals surface area contributed by atoms with E-state index in [1.807, 2.05) is 19.9 Å². The molecule has 1 N–H and O–H groups in total. The van der Waals surface area contributed by atoms with Gasteiger partial charge in [0.2, 0.25) is 0 Å². The van der Waals surface area contributed by atoms with Crippen molar-refractivity contribution in [2.45, 2.75) is 39.2 Å². The molecule has 1 atom stereocenters. The van der Waals surface area contributed by atoms with Gasteiger partial charge in [-0.05, 0) is 67.7 Å². The quantitative estimate of drug-likeness (QED) is 0.342. The Morgan fingerprint density at radius 3 is 2.85 bits per heavy atom. The van der Waals surface area contributed by atoms with Crippen LogP contribution < -0.4 is 10.2 Å². The van der Waals surface area contributed by atoms with Gasteiger partial charge in [0, 0.05) is 30.7 Å². The van der Waals surface area contributed by atoms with Gasteiger partial charge in [0.25, 0.3) is 11.8 Å². The summed E-state index contributed by atoms with van der Waals surface area (Å²) in [7, 11) is 0. The van der Waals surface area contributed by atoms with Gasteiger partial charge in [-0.15, -0.1) is 11.6 Å². The van der Waals surface area contributed by atoms with Crippen LogP contribution in [0.3, 0.4) is 0 Å². The number of carbonyl (C=O) groups is 2. The Kier molecular flexibility index (Phi) is 6.17. The zero-order chi connectivity index (χ0) is 19.6. The molecule has 0 aliphatic carbocycles. The molecular weight excluding hydrogens is 382 g/mol. The molecule has 7 heteroatoms. The third-order valence-electron chi connectivity index (χ3n) is 5.13. The first kappa shape index (κ1) is 19.8. The molecule has 1 aromatic carbocycles. The first-order valence-corrected chi connectivity index (χ1v) is 10.2. The molecule has 5 nitrogen and oxygen atoms in total. The van der Waals surface area contributed by atoms with Crippen molar-refractivity contribution < 1.29 is 9.59 Å². The van der Waals surface area contributed by atoms with Gasteiger partial charge < -0.3 is 4.90 Å². The number of thiocarbonyl (C=S) groups is 1. The lowest BCUT2D eigenvalue weighted by Crippen LogP contribution is -2.56. The highest BCUT2D eigenvalue weighted by Gasteiger charge is 2.35. The molecule has 27 heavy (non-hydrogen) atoms. The summed E-state index contributed by atoms with van der Waals surface area (Å²) >= 11 is 11.0. The van der Waals surface area contributed by atoms with Crippen LogP contribution in [-0.2, 0) is 16.0 Å². The minimum Gasteiger partial charge on any atom is -0.371 e. The fraction of sp³-hybridized carbons (Fsp3) is 0.450. The average molecular weight is 406 g/mol. The summed E-state index contributed by atoms with van der Waals surface area (Å²) in [5.41, 5.74) is 3.42. The molecule has 144 valence electrons. The van der Waals surface area contributed by atoms with E-state index >= 15 is 0 Å². The molecule has 1 aromatic rings. The third kappa shape index (κ3) is 4.01. The van der Waals surface area contributed by atoms with Gasteiger partial charge in [0.1, 0.15) is 5.57 Å². The van der Waals surface area contributed by atoms with Gasteiger partial charge in [-0.1, -0.05) is 13.0 Å². The zero-order valence-corrected chi connectivity index (χ0v) is 17.2. The Morgan fingerprint density at radius 1 is 1.37 bits per heavy atom. The highest BCUT2D eigenvalue weighted by Crippen LogP contribution is 2.30. The lowest BCUT2D eigenvalue weighted by molar-refractivity contribution is -0.130. The Labute approximate surface area is 170 Å². The Hall–Kier alpha value is -1.92. The van der Waals surface area contributed by atoms with Crippen LogP contribution in [0, 0.1) is 0 Å². The minimum atomic E-state index is -0.436. The molecular formula is C20H24ClN3O2S. The smallest absolute Gasteiger partial charge is 0.265 e. The van der Waals surface area contributed by atoms with Crippen molar-refractivity contribution in [2.24, 2.45) is 0 Å². The van der Waals surface area contributed by atoms with Crippen LogP contribution in [-0.4, -0.2) is 46.8 Å². The van der Waals surface area contributed by atoms with E-state index in [1.165, 1.54) is 16.2 Å². The summed E-state index contributed by atoms with van der Waals surface area (Å²) < 4.78 is 0. The fourth-order valence-electron chi connectivity index (χ4n) is 3.48. The van der Waals surface area contributed by atoms with Crippen molar-refractivity contribution in [1.29, 1.82) is 0 Å². The van der Waals surface area contributed by atoms with Gasteiger partial charge in [0.15, 0.2) is 5.11 Å². The van der Waals surface area contributed by atoms with Gasteiger partial charge in [-0.2, -0.15) is 0 Å². The fourth-order valence-corrected chi connectivity index (χ4v) is 3.96. The first-order chi connectivity index (χ1) is 13.0. The van der Waals surface area contributed by atoms with Gasteiger partial charge in [-0.3, -0.25) is 19.8 Å². The number of nitrogens with one attached hydrogen (secondary N) is 1. The second-order valence-corrected chi connectivity index (χ2v) is 7.68. The molecule has 0 spiro atoms. The van der Waals surface area contributed by atoms with Crippen LogP contribution >= 0.6 is 23.8 Å². The van der Waals surface area contributed by atoms with E-state index in [4.69, 9.17) is 23.8 Å². The van der Waals surface area contributed by atoms with Crippen molar-refractivity contribution in [3.05, 3.63) is 34.9 Å². The second-order valence-electron chi connectivity index (χ2n) is 6.92. The summed E-state index contributed by atoms with van der Waals surface area (Å²) in [6, 6.07) is 6.01. The van der Waals surface area contributed by atoms with E-state index in [0.29, 0.717) is 5.88 Å². The normalized spacial score (nSPS) is 19.5. The van der Waals surface area contributed by atoms with Gasteiger partial charge >= 0.3 is 0 Å². The number of alkyl halides is 1. The van der Waals surface area contributed by atoms with E-state index in [2.05, 4.69) is 22.3 Å². The van der Waals surface area contributed by atoms with Crippen LogP contribution in [0.1, 0.15) is 37.8 Å². The second kappa shape index (κ2) is 8.40. The van der Waals surface area contributed by atoms with E-state index in [0.717, 1.165) is 37.9 Å². The minimum absolute atomic E-state index is 0.0653. The van der Waals surface area contributed by atoms with E-state index < -0.39 is 5.91 Å². The summed E-state index contributed by atoms with van der Waals surface area (Å²) in [5.74, 6) is -0.113. The van der Waals surface area contributed by atoms with E-state index in [-0.39, 0.29) is 22.6 Å². The number of fused-ring (bicyclic) bond motifs is 1. The van der Waals surface area contributed by atoms with Crippen LogP contribution in [0.2, 0.25) is 0 Å². The molecule has 3 rings (SSSR count). The number of rotatable bonds is 6. The molecule has 0 radical (unpaired) electrons. The molecule has 2 aliphatic rings. The first-order valence-electron chi connectivity index (χ1n) is 9.30. The molecule has 2 amide bonds. The molecule has 1 fully saturated rings. The maximum Gasteiger partial charge on any atom is 0.265 e. The summed E-state index contributed by atoms with van der Waals surface area (Å²) in [4.78, 5) is 29.0. The van der Waals surface area contributed by atoms with Crippen molar-refractivity contribution in [2.75, 3.05) is 23.9 Å². The largest absolute Gasteiger partial charge is 0.371 e. The van der Waals surface area contributed by atoms with Crippen LogP contribution in [0.5, 0.6) is 0 Å². The molecule has 2 heterocycles. The highest BCUT2D eigenvalue weighted by molar-refractivity contribution is 7.80. The lowest BCUT2D eigenvalue weighted by atomic mass is 10.0. The maximum atomic E-state index is 12.8. The highest BCUT2D eigenvalue weighted by atomic mass is 35.5. The molecule has 2 aliphatic heterocycles. The van der Waals surface area contributed by atoms with Gasteiger partial charge in [0.05, 0.1) is 0 Å². The number of benzene rings is 1. The number of hydrogen-bond donors (Lipinski definition) is 1. The molecule has 1 saturated heterocycles. The molecule has 0 aromatic heterocycles. The number of halogens is 1. The average Bonchev–Trinajstić information content (AvgIpc) is 3.05. The molecule has 0 bridgehead atoms. The third-order valence-corrected chi connectivity index (χ3v) is 5.70. The summed E-state index contributed by atoms with van der Waals surface area (Å²) in [5, 5.41) is 2.82. The van der Waals surface area contributed by atoms with Crippen molar-refractivity contribution in [3.8, 4) is 0 Å². The van der Waals surface area contributed by atoms with Crippen LogP contribution in [0.4, 0.5) is 5.69 Å². The number of hydrogen-bond acceptors (Lipinski definition) is 4. The van der Waals surface area contributed by atoms with Crippen LogP contribution in [0.15, 0.2) is 23.8 Å². The SMILES string of the molecule is CCC(C)N1C(=O)C(=Cc2ccc3c(c2)CCN3CCCCl)C(=O)NC1=S. The topological polar surface area (TPSA) is 52.7 Å². The summed E-state index contributed by atoms with van der Waals surface area (Å²) in [6.45, 7) is 5.82. The number of amides is 2. The lowest BCUT2D eigenvalue weighted by Gasteiger charge is -2.33. The number of carbonyl (C=O) groups excluding carboxylic acids is 2. The Bertz CT molecular complexity index is 808. The van der Waals surface area contributed by atoms with E-state index in [9.17, 15) is 9.59 Å². The summed E-state index contributed by atoms with van der Waals surface area (Å²) in [6.07, 6.45) is 4.33. The zero-order valence-electron chi connectivity index (χ0n) is 15.6. The van der Waals surface area contributed by atoms with Crippen molar-refractivity contribution in [1.82, 2.24) is 10.2 Å². The Morgan fingerprint density at radius 2 is 2.15 bits per heavy atom. The predicted molar refractivity (Wildman–Crippen MR) is 113 cm³/mol. The Balaban J connectivity index is 1.86. The molecule has 0 saturated carbocycles. The number of anilines is 1. The van der Waals surface area contributed by atoms with Gasteiger partial charge in [-0.25, -0.2) is 0 Å². The van der Waals surface area contributed by atoms with Crippen LogP contribution in [0.25, 0.3) is 6.08 Å². The maximum absolute atomic E-state index is 12.8. The monoisotopic (exact) mass is 405 g/mol. The molecule has 1 unspecified atom stereocenters. The van der Waals surface area contributed by atoms with Crippen molar-refractivity contribution >= 4 is 52.5 Å². The standard InChI is InChI=1S/C20H24ClN3O2S/c1-3-13(2)24-19(26)16(18(25)22-20(24)27)12-14-5-6-17-15(11-14)7-10-23(17)9-4-8-21/h5-6,11-13H,3-4,7-10H2,1-2H3,(H,22,25,27). The predicted octanol–water partition coefficient (Wildman–Crippen LogP) is 3.10.